The minimum atomic E-state index is -1.65. The number of aromatic amines is 1. The molecule has 3 unspecified atom stereocenters. The molecule has 1 aromatic heterocycles. The molecule has 0 saturated carbocycles. The highest BCUT2D eigenvalue weighted by molar-refractivity contribution is 5.93. The van der Waals surface area contributed by atoms with Gasteiger partial charge in [0, 0.05) is 23.5 Å². The van der Waals surface area contributed by atoms with Gasteiger partial charge in [-0.15, -0.1) is 0 Å². The van der Waals surface area contributed by atoms with Crippen LogP contribution in [0.3, 0.4) is 0 Å². The van der Waals surface area contributed by atoms with Gasteiger partial charge in [-0.05, 0) is 23.6 Å². The molecule has 0 aliphatic heterocycles. The number of fused-ring (bicyclic) bond motifs is 1. The lowest BCUT2D eigenvalue weighted by Crippen LogP contribution is -2.54. The highest BCUT2D eigenvalue weighted by Gasteiger charge is 2.27. The fourth-order valence-electron chi connectivity index (χ4n) is 3.88. The molecule has 3 amide bonds. The number of carbonyl (C=O) groups is 5. The number of aromatic nitrogens is 1. The summed E-state index contributed by atoms with van der Waals surface area (Å²) in [5.41, 5.74) is 8.66. The van der Waals surface area contributed by atoms with Crippen molar-refractivity contribution < 1.29 is 34.2 Å². The topological polar surface area (TPSA) is 204 Å². The van der Waals surface area contributed by atoms with Gasteiger partial charge in [0.15, 0.2) is 0 Å². The van der Waals surface area contributed by atoms with Gasteiger partial charge in [-0.1, -0.05) is 48.5 Å². The number of nitrogens with two attached hydrogens (primary N) is 1. The molecule has 38 heavy (non-hydrogen) atoms. The second-order valence-electron chi connectivity index (χ2n) is 8.70. The smallest absolute Gasteiger partial charge is 0.326 e. The minimum absolute atomic E-state index is 0.108. The summed E-state index contributed by atoms with van der Waals surface area (Å²) in [4.78, 5) is 63.1. The van der Waals surface area contributed by atoms with Crippen LogP contribution in [0.15, 0.2) is 60.8 Å². The zero-order chi connectivity index (χ0) is 27.7. The Morgan fingerprint density at radius 1 is 0.842 bits per heavy atom. The predicted molar refractivity (Wildman–Crippen MR) is 137 cm³/mol. The summed E-state index contributed by atoms with van der Waals surface area (Å²) in [6.07, 6.45) is 1.28. The number of carbonyl (C=O) groups excluding carboxylic acids is 3. The Morgan fingerprint density at radius 3 is 2.21 bits per heavy atom. The Bertz CT molecular complexity index is 1310. The van der Waals surface area contributed by atoms with Crippen LogP contribution < -0.4 is 21.7 Å². The monoisotopic (exact) mass is 523 g/mol. The molecular weight excluding hydrogens is 494 g/mol. The summed E-state index contributed by atoms with van der Waals surface area (Å²) in [5.74, 6) is -5.08. The summed E-state index contributed by atoms with van der Waals surface area (Å²) < 4.78 is 0. The molecule has 200 valence electrons. The zero-order valence-electron chi connectivity index (χ0n) is 20.3. The fourth-order valence-corrected chi connectivity index (χ4v) is 3.88. The van der Waals surface area contributed by atoms with Crippen LogP contribution in [0.5, 0.6) is 0 Å². The number of aliphatic carboxylic acids is 2. The second kappa shape index (κ2) is 13.0. The largest absolute Gasteiger partial charge is 0.481 e. The first-order valence-corrected chi connectivity index (χ1v) is 11.8. The first kappa shape index (κ1) is 27.9. The lowest BCUT2D eigenvalue weighted by atomic mass is 10.0. The van der Waals surface area contributed by atoms with Crippen LogP contribution in [0.4, 0.5) is 0 Å². The van der Waals surface area contributed by atoms with Crippen molar-refractivity contribution in [2.24, 2.45) is 5.73 Å². The molecule has 3 aromatic rings. The van der Waals surface area contributed by atoms with Crippen molar-refractivity contribution in [3.05, 3.63) is 71.9 Å². The maximum atomic E-state index is 12.9. The standard InChI is InChI=1S/C26H29N5O7/c27-18(11-16-13-28-19-9-5-4-8-17(16)19)24(35)31-20(10-15-6-2-1-3-7-15)25(36)29-14-22(32)30-21(26(37)38)12-23(33)34/h1-9,13,18,20-21,28H,10-12,14,27H2,(H,29,36)(H,30,32)(H,31,35)(H,33,34)(H,37,38). The van der Waals surface area contributed by atoms with E-state index in [9.17, 15) is 24.0 Å². The van der Waals surface area contributed by atoms with Crippen LogP contribution in [0.25, 0.3) is 10.9 Å². The molecule has 0 saturated heterocycles. The molecule has 0 radical (unpaired) electrons. The number of H-pyrrole nitrogens is 1. The molecule has 3 atom stereocenters. The van der Waals surface area contributed by atoms with Crippen molar-refractivity contribution in [2.75, 3.05) is 6.54 Å². The van der Waals surface area contributed by atoms with Gasteiger partial charge in [0.2, 0.25) is 17.7 Å². The van der Waals surface area contributed by atoms with Crippen LogP contribution in [0.2, 0.25) is 0 Å². The Balaban J connectivity index is 1.64. The fraction of sp³-hybridized carbons (Fsp3) is 0.269. The third kappa shape index (κ3) is 7.90. The van der Waals surface area contributed by atoms with E-state index in [1.165, 1.54) is 0 Å². The number of hydrogen-bond acceptors (Lipinski definition) is 6. The third-order valence-corrected chi connectivity index (χ3v) is 5.80. The number of rotatable bonds is 13. The molecule has 0 aliphatic carbocycles. The zero-order valence-corrected chi connectivity index (χ0v) is 20.3. The Kier molecular flexibility index (Phi) is 9.54. The number of carboxylic acids is 2. The molecule has 3 rings (SSSR count). The number of carboxylic acid groups (broad SMARTS) is 2. The van der Waals surface area contributed by atoms with Gasteiger partial charge >= 0.3 is 11.9 Å². The van der Waals surface area contributed by atoms with Crippen molar-refractivity contribution in [3.8, 4) is 0 Å². The van der Waals surface area contributed by atoms with Crippen molar-refractivity contribution in [1.29, 1.82) is 0 Å². The lowest BCUT2D eigenvalue weighted by Gasteiger charge is -2.21. The van der Waals surface area contributed by atoms with E-state index in [-0.39, 0.29) is 12.8 Å². The molecule has 1 heterocycles. The molecule has 0 fully saturated rings. The summed E-state index contributed by atoms with van der Waals surface area (Å²) in [5, 5.41) is 25.9. The van der Waals surface area contributed by atoms with Crippen LogP contribution in [-0.2, 0) is 36.8 Å². The number of hydrogen-bond donors (Lipinski definition) is 7. The summed E-state index contributed by atoms with van der Waals surface area (Å²) in [7, 11) is 0. The summed E-state index contributed by atoms with van der Waals surface area (Å²) in [6, 6.07) is 12.8. The second-order valence-corrected chi connectivity index (χ2v) is 8.70. The van der Waals surface area contributed by atoms with E-state index in [1.807, 2.05) is 29.6 Å². The van der Waals surface area contributed by atoms with Crippen LogP contribution in [-0.4, -0.2) is 69.5 Å². The first-order valence-electron chi connectivity index (χ1n) is 11.8. The Morgan fingerprint density at radius 2 is 1.53 bits per heavy atom. The van der Waals surface area contributed by atoms with E-state index in [0.717, 1.165) is 22.0 Å². The lowest BCUT2D eigenvalue weighted by molar-refractivity contribution is -0.147. The quantitative estimate of drug-likeness (QED) is 0.161. The van der Waals surface area contributed by atoms with Crippen molar-refractivity contribution in [1.82, 2.24) is 20.9 Å². The van der Waals surface area contributed by atoms with Gasteiger partial charge in [0.05, 0.1) is 19.0 Å². The minimum Gasteiger partial charge on any atom is -0.481 e. The average molecular weight is 524 g/mol. The van der Waals surface area contributed by atoms with E-state index < -0.39 is 60.8 Å². The van der Waals surface area contributed by atoms with Gasteiger partial charge in [0.1, 0.15) is 12.1 Å². The van der Waals surface area contributed by atoms with Crippen molar-refractivity contribution in [3.63, 3.8) is 0 Å². The van der Waals surface area contributed by atoms with Gasteiger partial charge < -0.3 is 36.9 Å². The average Bonchev–Trinajstić information content (AvgIpc) is 3.29. The van der Waals surface area contributed by atoms with Gasteiger partial charge in [0.25, 0.3) is 0 Å². The Labute approximate surface area is 217 Å². The number of para-hydroxylation sites is 1. The Hall–Kier alpha value is -4.71. The van der Waals surface area contributed by atoms with Crippen molar-refractivity contribution in [2.45, 2.75) is 37.4 Å². The van der Waals surface area contributed by atoms with Gasteiger partial charge in [-0.3, -0.25) is 19.2 Å². The van der Waals surface area contributed by atoms with Crippen LogP contribution >= 0.6 is 0 Å². The maximum Gasteiger partial charge on any atom is 0.326 e. The molecule has 0 bridgehead atoms. The molecule has 8 N–H and O–H groups in total. The van der Waals surface area contributed by atoms with Gasteiger partial charge in [-0.25, -0.2) is 4.79 Å². The molecule has 2 aromatic carbocycles. The van der Waals surface area contributed by atoms with Gasteiger partial charge in [-0.2, -0.15) is 0 Å². The van der Waals surface area contributed by atoms with Crippen molar-refractivity contribution >= 4 is 40.6 Å². The number of nitrogens with one attached hydrogen (secondary N) is 4. The normalized spacial score (nSPS) is 13.2. The van der Waals surface area contributed by atoms with Crippen LogP contribution in [0.1, 0.15) is 17.5 Å². The molecule has 12 nitrogen and oxygen atoms in total. The van der Waals surface area contributed by atoms with Crippen LogP contribution in [0, 0.1) is 0 Å². The number of amides is 3. The highest BCUT2D eigenvalue weighted by Crippen LogP contribution is 2.18. The molecule has 0 aliphatic rings. The SMILES string of the molecule is NC(Cc1c[nH]c2ccccc12)C(=O)NC(Cc1ccccc1)C(=O)NCC(=O)NC(CC(=O)O)C(=O)O. The third-order valence-electron chi connectivity index (χ3n) is 5.80. The molecule has 12 heteroatoms. The summed E-state index contributed by atoms with van der Waals surface area (Å²) in [6.45, 7) is -0.620. The first-order chi connectivity index (χ1) is 18.1. The highest BCUT2D eigenvalue weighted by atomic mass is 16.4. The predicted octanol–water partition coefficient (Wildman–Crippen LogP) is -0.0745. The number of benzene rings is 2. The van der Waals surface area contributed by atoms with E-state index in [4.69, 9.17) is 15.9 Å². The van der Waals surface area contributed by atoms with E-state index >= 15 is 0 Å². The van der Waals surface area contributed by atoms with E-state index in [2.05, 4.69) is 15.6 Å². The van der Waals surface area contributed by atoms with E-state index in [0.29, 0.717) is 0 Å². The maximum absolute atomic E-state index is 12.9. The molecular formula is C26H29N5O7. The molecule has 0 spiro atoms. The van der Waals surface area contributed by atoms with E-state index in [1.54, 1.807) is 36.5 Å². The summed E-state index contributed by atoms with van der Waals surface area (Å²) >= 11 is 0.